The molecule has 0 radical (unpaired) electrons. The molecule has 2 aromatic rings. The van der Waals surface area contributed by atoms with E-state index < -0.39 is 6.61 Å². The van der Waals surface area contributed by atoms with Crippen molar-refractivity contribution in [3.05, 3.63) is 40.8 Å². The summed E-state index contributed by atoms with van der Waals surface area (Å²) in [6, 6.07) is 4.99. The summed E-state index contributed by atoms with van der Waals surface area (Å²) in [5.74, 6) is 1.17. The highest BCUT2D eigenvalue weighted by atomic mass is 19.3. The number of benzene rings is 1. The maximum atomic E-state index is 12.4. The Balaban J connectivity index is 2.09. The van der Waals surface area contributed by atoms with Gasteiger partial charge in [-0.05, 0) is 45.5 Å². The minimum Gasteiger partial charge on any atom is -0.490 e. The van der Waals surface area contributed by atoms with Gasteiger partial charge in [0.15, 0.2) is 11.5 Å². The van der Waals surface area contributed by atoms with E-state index in [1.54, 1.807) is 19.1 Å². The summed E-state index contributed by atoms with van der Waals surface area (Å²) in [6.45, 7) is 4.38. The quantitative estimate of drug-likeness (QED) is 0.729. The predicted octanol–water partition coefficient (Wildman–Crippen LogP) is 3.92. The summed E-state index contributed by atoms with van der Waals surface area (Å²) < 4.78 is 39.9. The van der Waals surface area contributed by atoms with Crippen molar-refractivity contribution in [1.29, 1.82) is 0 Å². The minimum atomic E-state index is -2.88. The van der Waals surface area contributed by atoms with Gasteiger partial charge in [0, 0.05) is 18.7 Å². The van der Waals surface area contributed by atoms with E-state index in [0.29, 0.717) is 25.4 Å². The minimum absolute atomic E-state index is 0.0453. The number of hydrogen-bond donors (Lipinski definition) is 0. The Morgan fingerprint density at radius 3 is 2.54 bits per heavy atom. The molecule has 0 atom stereocenters. The van der Waals surface area contributed by atoms with Crippen molar-refractivity contribution in [3.63, 3.8) is 0 Å². The van der Waals surface area contributed by atoms with Crippen LogP contribution in [0.3, 0.4) is 0 Å². The highest BCUT2D eigenvalue weighted by Crippen LogP contribution is 2.30. The number of hydrogen-bond acceptors (Lipinski definition) is 5. The highest BCUT2D eigenvalue weighted by Gasteiger charge is 2.14. The van der Waals surface area contributed by atoms with Crippen LogP contribution in [0.1, 0.15) is 29.5 Å². The van der Waals surface area contributed by atoms with E-state index in [1.807, 2.05) is 20.9 Å². The topological polar surface area (TPSA) is 47.7 Å². The fourth-order valence-electron chi connectivity index (χ4n) is 2.48. The smallest absolute Gasteiger partial charge is 0.387 e. The molecule has 1 heterocycles. The maximum absolute atomic E-state index is 12.4. The summed E-state index contributed by atoms with van der Waals surface area (Å²) in [7, 11) is 1.97. The highest BCUT2D eigenvalue weighted by molar-refractivity contribution is 5.43. The van der Waals surface area contributed by atoms with Gasteiger partial charge in [-0.25, -0.2) is 0 Å². The average Bonchev–Trinajstić information content (AvgIpc) is 2.81. The first-order valence-corrected chi connectivity index (χ1v) is 7.71. The van der Waals surface area contributed by atoms with Gasteiger partial charge in [0.2, 0.25) is 0 Å². The number of rotatable bonds is 8. The average molecular weight is 340 g/mol. The molecule has 0 saturated carbocycles. The SMILES string of the molecule is CCOc1cc(CN(C)Cc2c(C)noc2C)ccc1OC(F)F. The van der Waals surface area contributed by atoms with E-state index in [0.717, 1.165) is 22.6 Å². The van der Waals surface area contributed by atoms with Gasteiger partial charge >= 0.3 is 6.61 Å². The van der Waals surface area contributed by atoms with E-state index in [-0.39, 0.29) is 5.75 Å². The molecule has 0 fully saturated rings. The second-order valence-corrected chi connectivity index (χ2v) is 5.57. The molecule has 0 spiro atoms. The Morgan fingerprint density at radius 2 is 1.96 bits per heavy atom. The number of nitrogens with zero attached hydrogens (tertiary/aromatic N) is 2. The lowest BCUT2D eigenvalue weighted by Gasteiger charge is -2.18. The molecule has 0 saturated heterocycles. The summed E-state index contributed by atoms with van der Waals surface area (Å²) in [5, 5.41) is 3.94. The van der Waals surface area contributed by atoms with Gasteiger partial charge in [-0.3, -0.25) is 4.90 Å². The standard InChI is InChI=1S/C17H22F2N2O3/c1-5-22-16-8-13(6-7-15(16)23-17(18)19)9-21(4)10-14-11(2)20-24-12(14)3/h6-8,17H,5,9-10H2,1-4H3. The van der Waals surface area contributed by atoms with Crippen molar-refractivity contribution in [2.75, 3.05) is 13.7 Å². The first kappa shape index (κ1) is 18.2. The Kier molecular flexibility index (Phi) is 6.14. The van der Waals surface area contributed by atoms with E-state index in [1.165, 1.54) is 6.07 Å². The van der Waals surface area contributed by atoms with Crippen LogP contribution in [0.4, 0.5) is 8.78 Å². The normalized spacial score (nSPS) is 11.3. The molecule has 1 aromatic heterocycles. The monoisotopic (exact) mass is 340 g/mol. The molecule has 0 aliphatic heterocycles. The molecule has 0 amide bonds. The fourth-order valence-corrected chi connectivity index (χ4v) is 2.48. The molecule has 0 unspecified atom stereocenters. The molecule has 24 heavy (non-hydrogen) atoms. The van der Waals surface area contributed by atoms with Gasteiger partial charge in [0.1, 0.15) is 5.76 Å². The van der Waals surface area contributed by atoms with E-state index in [2.05, 4.69) is 14.8 Å². The number of alkyl halides is 2. The lowest BCUT2D eigenvalue weighted by atomic mass is 10.1. The summed E-state index contributed by atoms with van der Waals surface area (Å²) >= 11 is 0. The molecule has 132 valence electrons. The van der Waals surface area contributed by atoms with Crippen molar-refractivity contribution in [2.24, 2.45) is 0 Å². The first-order valence-electron chi connectivity index (χ1n) is 7.71. The first-order chi connectivity index (χ1) is 11.4. The Hall–Kier alpha value is -2.15. The van der Waals surface area contributed by atoms with Crippen molar-refractivity contribution < 1.29 is 22.8 Å². The van der Waals surface area contributed by atoms with E-state index >= 15 is 0 Å². The van der Waals surface area contributed by atoms with Gasteiger partial charge in [-0.15, -0.1) is 0 Å². The number of aromatic nitrogens is 1. The van der Waals surface area contributed by atoms with Crippen molar-refractivity contribution in [3.8, 4) is 11.5 Å². The van der Waals surface area contributed by atoms with Crippen LogP contribution in [-0.4, -0.2) is 30.3 Å². The molecule has 0 N–H and O–H groups in total. The third-order valence-corrected chi connectivity index (χ3v) is 3.59. The predicted molar refractivity (Wildman–Crippen MR) is 85.4 cm³/mol. The molecule has 1 aromatic carbocycles. The Bertz CT molecular complexity index is 654. The van der Waals surface area contributed by atoms with Crippen LogP contribution in [0.25, 0.3) is 0 Å². The number of halogens is 2. The Labute approximate surface area is 140 Å². The lowest BCUT2D eigenvalue weighted by Crippen LogP contribution is -2.18. The van der Waals surface area contributed by atoms with Crippen LogP contribution < -0.4 is 9.47 Å². The summed E-state index contributed by atoms with van der Waals surface area (Å²) in [6.07, 6.45) is 0. The molecular weight excluding hydrogens is 318 g/mol. The van der Waals surface area contributed by atoms with Gasteiger partial charge < -0.3 is 14.0 Å². The number of aryl methyl sites for hydroxylation is 2. The van der Waals surface area contributed by atoms with Crippen LogP contribution in [0.2, 0.25) is 0 Å². The zero-order chi connectivity index (χ0) is 17.7. The molecule has 2 rings (SSSR count). The molecule has 0 bridgehead atoms. The fraction of sp³-hybridized carbons (Fsp3) is 0.471. The molecule has 7 heteroatoms. The van der Waals surface area contributed by atoms with Crippen LogP contribution in [-0.2, 0) is 13.1 Å². The second-order valence-electron chi connectivity index (χ2n) is 5.57. The van der Waals surface area contributed by atoms with Crippen molar-refractivity contribution in [2.45, 2.75) is 40.5 Å². The number of ether oxygens (including phenoxy) is 2. The van der Waals surface area contributed by atoms with Crippen LogP contribution >= 0.6 is 0 Å². The largest absolute Gasteiger partial charge is 0.490 e. The van der Waals surface area contributed by atoms with Crippen LogP contribution in [0.5, 0.6) is 11.5 Å². The van der Waals surface area contributed by atoms with E-state index in [4.69, 9.17) is 9.26 Å². The lowest BCUT2D eigenvalue weighted by molar-refractivity contribution is -0.0514. The summed E-state index contributed by atoms with van der Waals surface area (Å²) in [4.78, 5) is 2.09. The zero-order valence-electron chi connectivity index (χ0n) is 14.3. The summed E-state index contributed by atoms with van der Waals surface area (Å²) in [5.41, 5.74) is 2.87. The van der Waals surface area contributed by atoms with Crippen molar-refractivity contribution >= 4 is 0 Å². The molecule has 5 nitrogen and oxygen atoms in total. The maximum Gasteiger partial charge on any atom is 0.387 e. The van der Waals surface area contributed by atoms with Gasteiger partial charge in [0.25, 0.3) is 0 Å². The van der Waals surface area contributed by atoms with Crippen LogP contribution in [0, 0.1) is 13.8 Å². The third kappa shape index (κ3) is 4.67. The van der Waals surface area contributed by atoms with Gasteiger partial charge in [0.05, 0.1) is 12.3 Å². The third-order valence-electron chi connectivity index (χ3n) is 3.59. The molecular formula is C17H22F2N2O3. The van der Waals surface area contributed by atoms with Crippen LogP contribution in [0.15, 0.2) is 22.7 Å². The van der Waals surface area contributed by atoms with Crippen molar-refractivity contribution in [1.82, 2.24) is 10.1 Å². The van der Waals surface area contributed by atoms with Gasteiger partial charge in [-0.2, -0.15) is 8.78 Å². The molecule has 0 aliphatic carbocycles. The second kappa shape index (κ2) is 8.10. The Morgan fingerprint density at radius 1 is 1.21 bits per heavy atom. The van der Waals surface area contributed by atoms with E-state index in [9.17, 15) is 8.78 Å². The van der Waals surface area contributed by atoms with Gasteiger partial charge in [-0.1, -0.05) is 11.2 Å². The molecule has 0 aliphatic rings. The zero-order valence-corrected chi connectivity index (χ0v) is 14.3.